The van der Waals surface area contributed by atoms with Crippen LogP contribution in [0.15, 0.2) is 12.4 Å². The van der Waals surface area contributed by atoms with Crippen LogP contribution in [0.2, 0.25) is 0 Å². The molecule has 0 saturated carbocycles. The van der Waals surface area contributed by atoms with Crippen LogP contribution in [0.25, 0.3) is 0 Å². The summed E-state index contributed by atoms with van der Waals surface area (Å²) in [6, 6.07) is 0. The molecule has 0 bridgehead atoms. The quantitative estimate of drug-likeness (QED) is 0.598. The number of aryl methyl sites for hydroxylation is 1. The van der Waals surface area contributed by atoms with Gasteiger partial charge in [0.25, 0.3) is 0 Å². The fraction of sp³-hybridized carbons (Fsp3) is 0.750. The highest BCUT2D eigenvalue weighted by molar-refractivity contribution is 4.63. The molecular formula is C8H15N3O. The molecule has 0 aliphatic carbocycles. The molecule has 0 atom stereocenters. The Labute approximate surface area is 72.5 Å². The van der Waals surface area contributed by atoms with Crippen molar-refractivity contribution in [1.29, 1.82) is 0 Å². The van der Waals surface area contributed by atoms with E-state index >= 15 is 0 Å². The molecule has 1 aromatic rings. The summed E-state index contributed by atoms with van der Waals surface area (Å²) in [5.41, 5.74) is 0. The number of nitrogens with zero attached hydrogens (tertiary/aromatic N) is 3. The Morgan fingerprint density at radius 1 is 1.33 bits per heavy atom. The van der Waals surface area contributed by atoms with Gasteiger partial charge in [0.15, 0.2) is 0 Å². The first-order valence-electron chi connectivity index (χ1n) is 4.26. The molecule has 4 nitrogen and oxygen atoms in total. The van der Waals surface area contributed by atoms with Gasteiger partial charge in [-0.2, -0.15) is 0 Å². The standard InChI is InChI=1S/C8H15N3O/c1-12-8-4-2-3-6-11-7-5-9-10-11/h5,7H,2-4,6,8H2,1H3. The highest BCUT2D eigenvalue weighted by Crippen LogP contribution is 1.97. The lowest BCUT2D eigenvalue weighted by molar-refractivity contribution is 0.191. The van der Waals surface area contributed by atoms with Crippen LogP contribution >= 0.6 is 0 Å². The SMILES string of the molecule is COCCCCCn1ccnn1. The van der Waals surface area contributed by atoms with Crippen molar-refractivity contribution in [1.82, 2.24) is 15.0 Å². The zero-order valence-electron chi connectivity index (χ0n) is 7.44. The normalized spacial score (nSPS) is 10.4. The van der Waals surface area contributed by atoms with Crippen molar-refractivity contribution in [3.63, 3.8) is 0 Å². The van der Waals surface area contributed by atoms with Crippen LogP contribution in [0.1, 0.15) is 19.3 Å². The summed E-state index contributed by atoms with van der Waals surface area (Å²) >= 11 is 0. The predicted octanol–water partition coefficient (Wildman–Crippen LogP) is 1.09. The summed E-state index contributed by atoms with van der Waals surface area (Å²) in [4.78, 5) is 0. The van der Waals surface area contributed by atoms with Crippen LogP contribution in [0.5, 0.6) is 0 Å². The van der Waals surface area contributed by atoms with Crippen LogP contribution in [0.4, 0.5) is 0 Å². The molecule has 12 heavy (non-hydrogen) atoms. The molecule has 1 heterocycles. The molecular weight excluding hydrogens is 154 g/mol. The van der Waals surface area contributed by atoms with E-state index in [1.54, 1.807) is 13.3 Å². The van der Waals surface area contributed by atoms with Crippen LogP contribution < -0.4 is 0 Å². The fourth-order valence-electron chi connectivity index (χ4n) is 1.05. The predicted molar refractivity (Wildman–Crippen MR) is 45.7 cm³/mol. The van der Waals surface area contributed by atoms with Crippen molar-refractivity contribution in [2.75, 3.05) is 13.7 Å². The number of hydrogen-bond donors (Lipinski definition) is 0. The van der Waals surface area contributed by atoms with E-state index in [9.17, 15) is 0 Å². The van der Waals surface area contributed by atoms with E-state index in [4.69, 9.17) is 4.74 Å². The zero-order valence-corrected chi connectivity index (χ0v) is 7.44. The minimum atomic E-state index is 0.858. The van der Waals surface area contributed by atoms with Gasteiger partial charge in [-0.05, 0) is 19.3 Å². The summed E-state index contributed by atoms with van der Waals surface area (Å²) < 4.78 is 6.80. The van der Waals surface area contributed by atoms with Gasteiger partial charge in [-0.15, -0.1) is 5.10 Å². The third kappa shape index (κ3) is 3.48. The lowest BCUT2D eigenvalue weighted by Gasteiger charge is -1.99. The topological polar surface area (TPSA) is 39.9 Å². The van der Waals surface area contributed by atoms with Crippen LogP contribution in [0.3, 0.4) is 0 Å². The van der Waals surface area contributed by atoms with Crippen molar-refractivity contribution < 1.29 is 4.74 Å². The van der Waals surface area contributed by atoms with Gasteiger partial charge < -0.3 is 4.74 Å². The lowest BCUT2D eigenvalue weighted by Crippen LogP contribution is -1.99. The molecule has 0 spiro atoms. The fourth-order valence-corrected chi connectivity index (χ4v) is 1.05. The molecule has 1 aromatic heterocycles. The number of rotatable bonds is 6. The highest BCUT2D eigenvalue weighted by Gasteiger charge is 1.91. The van der Waals surface area contributed by atoms with Crippen molar-refractivity contribution in [3.8, 4) is 0 Å². The molecule has 0 amide bonds. The average molecular weight is 169 g/mol. The lowest BCUT2D eigenvalue weighted by atomic mass is 10.2. The summed E-state index contributed by atoms with van der Waals surface area (Å²) in [5, 5.41) is 7.59. The first-order chi connectivity index (χ1) is 5.93. The third-order valence-corrected chi connectivity index (χ3v) is 1.71. The van der Waals surface area contributed by atoms with Gasteiger partial charge in [0.1, 0.15) is 0 Å². The van der Waals surface area contributed by atoms with Gasteiger partial charge >= 0.3 is 0 Å². The summed E-state index contributed by atoms with van der Waals surface area (Å²) in [7, 11) is 1.73. The second-order valence-corrected chi connectivity index (χ2v) is 2.72. The third-order valence-electron chi connectivity index (χ3n) is 1.71. The first kappa shape index (κ1) is 9.19. The summed E-state index contributed by atoms with van der Waals surface area (Å²) in [6.45, 7) is 1.82. The Balaban J connectivity index is 1.96. The van der Waals surface area contributed by atoms with E-state index in [1.807, 2.05) is 10.9 Å². The van der Waals surface area contributed by atoms with Gasteiger partial charge in [0.2, 0.25) is 0 Å². The van der Waals surface area contributed by atoms with Gasteiger partial charge in [-0.3, -0.25) is 4.68 Å². The van der Waals surface area contributed by atoms with Gasteiger partial charge in [-0.1, -0.05) is 5.21 Å². The van der Waals surface area contributed by atoms with Crippen molar-refractivity contribution in [3.05, 3.63) is 12.4 Å². The van der Waals surface area contributed by atoms with Crippen molar-refractivity contribution >= 4 is 0 Å². The van der Waals surface area contributed by atoms with Crippen LogP contribution in [-0.4, -0.2) is 28.7 Å². The highest BCUT2D eigenvalue weighted by atomic mass is 16.5. The minimum Gasteiger partial charge on any atom is -0.385 e. The van der Waals surface area contributed by atoms with Crippen molar-refractivity contribution in [2.45, 2.75) is 25.8 Å². The second kappa shape index (κ2) is 5.71. The van der Waals surface area contributed by atoms with E-state index < -0.39 is 0 Å². The molecule has 1 rings (SSSR count). The number of unbranched alkanes of at least 4 members (excludes halogenated alkanes) is 2. The number of ether oxygens (including phenoxy) is 1. The Morgan fingerprint density at radius 2 is 2.25 bits per heavy atom. The Hall–Kier alpha value is -0.900. The van der Waals surface area contributed by atoms with Gasteiger partial charge in [0, 0.05) is 26.5 Å². The molecule has 0 radical (unpaired) electrons. The summed E-state index contributed by atoms with van der Waals surface area (Å²) in [5.74, 6) is 0. The molecule has 0 aromatic carbocycles. The van der Waals surface area contributed by atoms with E-state index in [-0.39, 0.29) is 0 Å². The van der Waals surface area contributed by atoms with E-state index in [0.717, 1.165) is 26.0 Å². The number of methoxy groups -OCH3 is 1. The molecule has 0 unspecified atom stereocenters. The average Bonchev–Trinajstić information content (AvgIpc) is 2.57. The Morgan fingerprint density at radius 3 is 2.92 bits per heavy atom. The maximum absolute atomic E-state index is 4.94. The first-order valence-corrected chi connectivity index (χ1v) is 4.26. The van der Waals surface area contributed by atoms with Gasteiger partial charge in [0.05, 0.1) is 6.20 Å². The molecule has 0 fully saturated rings. The molecule has 0 aliphatic heterocycles. The minimum absolute atomic E-state index is 0.858. The largest absolute Gasteiger partial charge is 0.385 e. The molecule has 68 valence electrons. The second-order valence-electron chi connectivity index (χ2n) is 2.72. The smallest absolute Gasteiger partial charge is 0.0692 e. The van der Waals surface area contributed by atoms with Crippen LogP contribution in [-0.2, 0) is 11.3 Å². The van der Waals surface area contributed by atoms with E-state index in [1.165, 1.54) is 6.42 Å². The monoisotopic (exact) mass is 169 g/mol. The molecule has 0 N–H and O–H groups in total. The Kier molecular flexibility index (Phi) is 4.37. The number of hydrogen-bond acceptors (Lipinski definition) is 3. The Bertz CT molecular complexity index is 186. The summed E-state index contributed by atoms with van der Waals surface area (Å²) in [6.07, 6.45) is 7.05. The maximum atomic E-state index is 4.94. The van der Waals surface area contributed by atoms with E-state index in [2.05, 4.69) is 10.3 Å². The van der Waals surface area contributed by atoms with E-state index in [0.29, 0.717) is 0 Å². The molecule has 4 heteroatoms. The molecule has 0 aliphatic rings. The van der Waals surface area contributed by atoms with Crippen molar-refractivity contribution in [2.24, 2.45) is 0 Å². The number of aromatic nitrogens is 3. The van der Waals surface area contributed by atoms with Crippen LogP contribution in [0, 0.1) is 0 Å². The van der Waals surface area contributed by atoms with Gasteiger partial charge in [-0.25, -0.2) is 0 Å². The maximum Gasteiger partial charge on any atom is 0.0692 e. The zero-order chi connectivity index (χ0) is 8.65. The molecule has 0 saturated heterocycles.